The first kappa shape index (κ1) is 19.4. The smallest absolute Gasteiger partial charge is 0.244 e. The zero-order valence-corrected chi connectivity index (χ0v) is 14.7. The standard InChI is InChI=1S/C15H24N2O5S/c1-11-6-7-13(22-4)14(10-11)23(19,20)17-12(2)15(18)16-8-5-9-21-3/h6-7,10,12,17H,5,8-9H2,1-4H3,(H,16,18)/t12-/m0/s1. The number of aryl methyl sites for hydroxylation is 1. The fraction of sp³-hybridized carbons (Fsp3) is 0.533. The molecule has 130 valence electrons. The van der Waals surface area contributed by atoms with Crippen LogP contribution in [0.15, 0.2) is 23.1 Å². The summed E-state index contributed by atoms with van der Waals surface area (Å²) in [5.41, 5.74) is 0.780. The van der Waals surface area contributed by atoms with E-state index >= 15 is 0 Å². The molecule has 0 heterocycles. The number of nitrogens with one attached hydrogen (secondary N) is 2. The lowest BCUT2D eigenvalue weighted by Crippen LogP contribution is -2.45. The summed E-state index contributed by atoms with van der Waals surface area (Å²) in [6.07, 6.45) is 0.660. The number of carbonyl (C=O) groups is 1. The largest absolute Gasteiger partial charge is 0.495 e. The Labute approximate surface area is 137 Å². The first-order valence-corrected chi connectivity index (χ1v) is 8.73. The minimum absolute atomic E-state index is 0.0130. The number of rotatable bonds is 9. The maximum atomic E-state index is 12.5. The average molecular weight is 344 g/mol. The molecule has 1 rings (SSSR count). The van der Waals surface area contributed by atoms with Crippen molar-refractivity contribution in [3.05, 3.63) is 23.8 Å². The topological polar surface area (TPSA) is 93.7 Å². The highest BCUT2D eigenvalue weighted by Gasteiger charge is 2.24. The van der Waals surface area contributed by atoms with Gasteiger partial charge in [-0.05, 0) is 38.0 Å². The van der Waals surface area contributed by atoms with E-state index in [1.165, 1.54) is 20.1 Å². The van der Waals surface area contributed by atoms with E-state index in [1.807, 2.05) is 0 Å². The maximum absolute atomic E-state index is 12.5. The van der Waals surface area contributed by atoms with E-state index in [9.17, 15) is 13.2 Å². The summed E-state index contributed by atoms with van der Waals surface area (Å²) in [4.78, 5) is 11.9. The molecule has 0 aromatic heterocycles. The Balaban J connectivity index is 2.78. The van der Waals surface area contributed by atoms with Gasteiger partial charge in [-0.2, -0.15) is 4.72 Å². The molecule has 0 saturated carbocycles. The second-order valence-corrected chi connectivity index (χ2v) is 6.82. The Hall–Kier alpha value is -1.64. The summed E-state index contributed by atoms with van der Waals surface area (Å²) in [5.74, 6) is -0.160. The second kappa shape index (κ2) is 8.85. The number of methoxy groups -OCH3 is 2. The molecule has 0 bridgehead atoms. The Bertz CT molecular complexity index is 631. The molecule has 1 atom stereocenters. The van der Waals surface area contributed by atoms with E-state index in [2.05, 4.69) is 10.0 Å². The molecule has 0 radical (unpaired) electrons. The summed E-state index contributed by atoms with van der Waals surface area (Å²) in [6, 6.07) is 3.95. The van der Waals surface area contributed by atoms with Crippen LogP contribution in [0.1, 0.15) is 18.9 Å². The summed E-state index contributed by atoms with van der Waals surface area (Å²) in [6.45, 7) is 4.23. The van der Waals surface area contributed by atoms with Crippen molar-refractivity contribution in [3.8, 4) is 5.75 Å². The van der Waals surface area contributed by atoms with Crippen LogP contribution in [0, 0.1) is 6.92 Å². The second-order valence-electron chi connectivity index (χ2n) is 5.13. The Morgan fingerprint density at radius 1 is 1.30 bits per heavy atom. The quantitative estimate of drug-likeness (QED) is 0.647. The van der Waals surface area contributed by atoms with Crippen molar-refractivity contribution in [2.24, 2.45) is 0 Å². The van der Waals surface area contributed by atoms with Crippen LogP contribution in [0.2, 0.25) is 0 Å². The zero-order chi connectivity index (χ0) is 17.5. The third-order valence-electron chi connectivity index (χ3n) is 3.16. The van der Waals surface area contributed by atoms with Crippen LogP contribution >= 0.6 is 0 Å². The minimum Gasteiger partial charge on any atom is -0.495 e. The van der Waals surface area contributed by atoms with Gasteiger partial charge < -0.3 is 14.8 Å². The normalized spacial score (nSPS) is 12.7. The van der Waals surface area contributed by atoms with Gasteiger partial charge in [0.15, 0.2) is 0 Å². The van der Waals surface area contributed by atoms with Crippen LogP contribution in [0.4, 0.5) is 0 Å². The van der Waals surface area contributed by atoms with E-state index < -0.39 is 22.0 Å². The van der Waals surface area contributed by atoms with E-state index in [-0.39, 0.29) is 10.6 Å². The molecule has 0 aliphatic rings. The van der Waals surface area contributed by atoms with Gasteiger partial charge in [-0.25, -0.2) is 8.42 Å². The van der Waals surface area contributed by atoms with E-state index in [0.717, 1.165) is 5.56 Å². The lowest BCUT2D eigenvalue weighted by atomic mass is 10.2. The molecule has 0 aliphatic carbocycles. The summed E-state index contributed by atoms with van der Waals surface area (Å²) >= 11 is 0. The van der Waals surface area contributed by atoms with Gasteiger partial charge in [0.05, 0.1) is 13.2 Å². The van der Waals surface area contributed by atoms with Crippen LogP contribution in [0.25, 0.3) is 0 Å². The average Bonchev–Trinajstić information content (AvgIpc) is 2.50. The molecule has 1 aromatic carbocycles. The molecule has 0 saturated heterocycles. The van der Waals surface area contributed by atoms with Gasteiger partial charge in [-0.15, -0.1) is 0 Å². The van der Waals surface area contributed by atoms with Gasteiger partial charge in [0.2, 0.25) is 15.9 Å². The van der Waals surface area contributed by atoms with E-state index in [0.29, 0.717) is 19.6 Å². The molecular formula is C15H24N2O5S. The SMILES string of the molecule is COCCCNC(=O)[C@H](C)NS(=O)(=O)c1cc(C)ccc1OC. The van der Waals surface area contributed by atoms with E-state index in [4.69, 9.17) is 9.47 Å². The monoisotopic (exact) mass is 344 g/mol. The third-order valence-corrected chi connectivity index (χ3v) is 4.72. The fourth-order valence-corrected chi connectivity index (χ4v) is 3.38. The summed E-state index contributed by atoms with van der Waals surface area (Å²) in [5, 5.41) is 2.65. The van der Waals surface area contributed by atoms with Crippen molar-refractivity contribution in [2.45, 2.75) is 31.2 Å². The van der Waals surface area contributed by atoms with Gasteiger partial charge >= 0.3 is 0 Å². The van der Waals surface area contributed by atoms with Crippen LogP contribution in [-0.2, 0) is 19.6 Å². The highest BCUT2D eigenvalue weighted by atomic mass is 32.2. The summed E-state index contributed by atoms with van der Waals surface area (Å²) in [7, 11) is -0.890. The van der Waals surface area contributed by atoms with Crippen LogP contribution < -0.4 is 14.8 Å². The highest BCUT2D eigenvalue weighted by molar-refractivity contribution is 7.89. The lowest BCUT2D eigenvalue weighted by Gasteiger charge is -2.16. The van der Waals surface area contributed by atoms with Gasteiger partial charge in [0.1, 0.15) is 10.6 Å². The van der Waals surface area contributed by atoms with Gasteiger partial charge in [-0.1, -0.05) is 6.07 Å². The number of carbonyl (C=O) groups excluding carboxylic acids is 1. The predicted molar refractivity (Wildman–Crippen MR) is 87.0 cm³/mol. The number of sulfonamides is 1. The predicted octanol–water partition coefficient (Wildman–Crippen LogP) is 0.823. The number of ether oxygens (including phenoxy) is 2. The maximum Gasteiger partial charge on any atom is 0.244 e. The Morgan fingerprint density at radius 3 is 2.61 bits per heavy atom. The number of amides is 1. The highest BCUT2D eigenvalue weighted by Crippen LogP contribution is 2.24. The van der Waals surface area contributed by atoms with E-state index in [1.54, 1.807) is 26.2 Å². The van der Waals surface area contributed by atoms with Gasteiger partial charge in [0.25, 0.3) is 0 Å². The van der Waals surface area contributed by atoms with Crippen molar-refractivity contribution in [1.29, 1.82) is 0 Å². The molecule has 8 heteroatoms. The Kier molecular flexibility index (Phi) is 7.47. The number of hydrogen-bond acceptors (Lipinski definition) is 5. The van der Waals surface area contributed by atoms with Crippen LogP contribution in [-0.4, -0.2) is 47.7 Å². The fourth-order valence-electron chi connectivity index (χ4n) is 1.92. The van der Waals surface area contributed by atoms with Gasteiger partial charge in [0, 0.05) is 20.3 Å². The van der Waals surface area contributed by atoms with Gasteiger partial charge in [-0.3, -0.25) is 4.79 Å². The molecule has 23 heavy (non-hydrogen) atoms. The molecule has 0 spiro atoms. The lowest BCUT2D eigenvalue weighted by molar-refractivity contribution is -0.122. The van der Waals surface area contributed by atoms with Crippen molar-refractivity contribution >= 4 is 15.9 Å². The first-order chi connectivity index (χ1) is 10.8. The molecule has 0 fully saturated rings. The minimum atomic E-state index is -3.87. The molecule has 1 aromatic rings. The third kappa shape index (κ3) is 5.81. The van der Waals surface area contributed by atoms with Crippen LogP contribution in [0.3, 0.4) is 0 Å². The van der Waals surface area contributed by atoms with Crippen molar-refractivity contribution in [3.63, 3.8) is 0 Å². The number of benzene rings is 1. The first-order valence-electron chi connectivity index (χ1n) is 7.25. The molecule has 0 unspecified atom stereocenters. The zero-order valence-electron chi connectivity index (χ0n) is 13.9. The molecule has 1 amide bonds. The number of hydrogen-bond donors (Lipinski definition) is 2. The van der Waals surface area contributed by atoms with Crippen molar-refractivity contribution in [1.82, 2.24) is 10.0 Å². The molecular weight excluding hydrogens is 320 g/mol. The van der Waals surface area contributed by atoms with Crippen molar-refractivity contribution in [2.75, 3.05) is 27.4 Å². The molecule has 2 N–H and O–H groups in total. The molecule has 7 nitrogen and oxygen atoms in total. The summed E-state index contributed by atoms with van der Waals surface area (Å²) < 4.78 is 37.3. The molecule has 0 aliphatic heterocycles. The van der Waals surface area contributed by atoms with Crippen molar-refractivity contribution < 1.29 is 22.7 Å². The Morgan fingerprint density at radius 2 is 2.00 bits per heavy atom. The van der Waals surface area contributed by atoms with Crippen LogP contribution in [0.5, 0.6) is 5.75 Å².